The zero-order valence-corrected chi connectivity index (χ0v) is 18.5. The SMILES string of the molecule is CN=C(NCC(c1cccc(F)c1)N1CCOCC1)N1CCC(C)C(n2ccnc2)C1. The van der Waals surface area contributed by atoms with Gasteiger partial charge in [-0.05, 0) is 30.0 Å². The van der Waals surface area contributed by atoms with E-state index in [1.165, 1.54) is 6.07 Å². The highest BCUT2D eigenvalue weighted by Crippen LogP contribution is 2.28. The average molecular weight is 429 g/mol. The minimum absolute atomic E-state index is 0.0597. The molecule has 0 bridgehead atoms. The number of guanidine groups is 1. The molecule has 4 rings (SSSR count). The van der Waals surface area contributed by atoms with E-state index < -0.39 is 0 Å². The quantitative estimate of drug-likeness (QED) is 0.586. The summed E-state index contributed by atoms with van der Waals surface area (Å²) < 4.78 is 21.7. The van der Waals surface area contributed by atoms with Crippen LogP contribution in [0.3, 0.4) is 0 Å². The van der Waals surface area contributed by atoms with Gasteiger partial charge in [0, 0.05) is 52.2 Å². The van der Waals surface area contributed by atoms with Crippen LogP contribution in [0.5, 0.6) is 0 Å². The molecule has 31 heavy (non-hydrogen) atoms. The Hall–Kier alpha value is -2.45. The first-order valence-corrected chi connectivity index (χ1v) is 11.2. The molecule has 2 fully saturated rings. The van der Waals surface area contributed by atoms with Crippen molar-refractivity contribution in [3.63, 3.8) is 0 Å². The Bertz CT molecular complexity index is 852. The van der Waals surface area contributed by atoms with Gasteiger partial charge in [-0.1, -0.05) is 19.1 Å². The number of hydrogen-bond acceptors (Lipinski definition) is 4. The van der Waals surface area contributed by atoms with Crippen LogP contribution in [-0.4, -0.2) is 78.3 Å². The van der Waals surface area contributed by atoms with E-state index in [2.05, 4.69) is 36.6 Å². The minimum Gasteiger partial charge on any atom is -0.379 e. The zero-order chi connectivity index (χ0) is 21.6. The molecule has 3 atom stereocenters. The predicted molar refractivity (Wildman–Crippen MR) is 120 cm³/mol. The number of likely N-dealkylation sites (tertiary alicyclic amines) is 1. The van der Waals surface area contributed by atoms with Gasteiger partial charge in [-0.25, -0.2) is 9.37 Å². The van der Waals surface area contributed by atoms with E-state index in [1.54, 1.807) is 12.1 Å². The van der Waals surface area contributed by atoms with Gasteiger partial charge in [-0.3, -0.25) is 9.89 Å². The maximum atomic E-state index is 14.0. The Kier molecular flexibility index (Phi) is 7.19. The number of hydrogen-bond donors (Lipinski definition) is 1. The molecule has 0 aliphatic carbocycles. The first kappa shape index (κ1) is 21.8. The van der Waals surface area contributed by atoms with Gasteiger partial charge in [0.1, 0.15) is 5.82 Å². The fourth-order valence-electron chi connectivity index (χ4n) is 4.68. The molecule has 7 nitrogen and oxygen atoms in total. The van der Waals surface area contributed by atoms with E-state index in [9.17, 15) is 4.39 Å². The third-order valence-corrected chi connectivity index (χ3v) is 6.51. The van der Waals surface area contributed by atoms with Crippen molar-refractivity contribution in [1.82, 2.24) is 24.7 Å². The van der Waals surface area contributed by atoms with Crippen molar-refractivity contribution < 1.29 is 9.13 Å². The summed E-state index contributed by atoms with van der Waals surface area (Å²) in [6.07, 6.45) is 6.88. The predicted octanol–water partition coefficient (Wildman–Crippen LogP) is 2.55. The fourth-order valence-corrected chi connectivity index (χ4v) is 4.68. The Morgan fingerprint density at radius 2 is 2.16 bits per heavy atom. The highest BCUT2D eigenvalue weighted by molar-refractivity contribution is 5.80. The molecular formula is C23H33FN6O. The second kappa shape index (κ2) is 10.2. The monoisotopic (exact) mass is 428 g/mol. The number of aromatic nitrogens is 2. The van der Waals surface area contributed by atoms with Crippen LogP contribution in [0.25, 0.3) is 0 Å². The van der Waals surface area contributed by atoms with E-state index in [4.69, 9.17) is 4.74 Å². The molecule has 1 aromatic heterocycles. The summed E-state index contributed by atoms with van der Waals surface area (Å²) in [4.78, 5) is 13.5. The number of piperidine rings is 1. The maximum absolute atomic E-state index is 14.0. The molecule has 0 saturated carbocycles. The number of ether oxygens (including phenoxy) is 1. The summed E-state index contributed by atoms with van der Waals surface area (Å²) >= 11 is 0. The van der Waals surface area contributed by atoms with Gasteiger partial charge in [0.05, 0.1) is 31.6 Å². The highest BCUT2D eigenvalue weighted by Gasteiger charge is 2.30. The van der Waals surface area contributed by atoms with Gasteiger partial charge in [-0.2, -0.15) is 0 Å². The van der Waals surface area contributed by atoms with Crippen LogP contribution in [0.1, 0.15) is 31.0 Å². The molecule has 3 unspecified atom stereocenters. The summed E-state index contributed by atoms with van der Waals surface area (Å²) in [6, 6.07) is 7.36. The van der Waals surface area contributed by atoms with Crippen molar-refractivity contribution in [1.29, 1.82) is 0 Å². The molecule has 3 heterocycles. The number of morpholine rings is 1. The lowest BCUT2D eigenvalue weighted by Gasteiger charge is -2.40. The topological polar surface area (TPSA) is 57.9 Å². The Morgan fingerprint density at radius 3 is 2.87 bits per heavy atom. The molecule has 1 aromatic carbocycles. The van der Waals surface area contributed by atoms with Crippen LogP contribution in [0.2, 0.25) is 0 Å². The van der Waals surface area contributed by atoms with E-state index in [-0.39, 0.29) is 11.9 Å². The van der Waals surface area contributed by atoms with Crippen LogP contribution in [0, 0.1) is 11.7 Å². The number of rotatable bonds is 5. The molecule has 0 radical (unpaired) electrons. The molecule has 1 N–H and O–H groups in total. The normalized spacial score (nSPS) is 24.2. The Balaban J connectivity index is 1.46. The lowest BCUT2D eigenvalue weighted by atomic mass is 9.93. The van der Waals surface area contributed by atoms with Crippen molar-refractivity contribution in [2.24, 2.45) is 10.9 Å². The first-order chi connectivity index (χ1) is 15.2. The van der Waals surface area contributed by atoms with Gasteiger partial charge >= 0.3 is 0 Å². The number of nitrogens with zero attached hydrogens (tertiary/aromatic N) is 5. The van der Waals surface area contributed by atoms with Gasteiger partial charge in [-0.15, -0.1) is 0 Å². The van der Waals surface area contributed by atoms with Crippen molar-refractivity contribution >= 4 is 5.96 Å². The number of halogens is 1. The van der Waals surface area contributed by atoms with Crippen molar-refractivity contribution in [2.45, 2.75) is 25.4 Å². The smallest absolute Gasteiger partial charge is 0.193 e. The minimum atomic E-state index is -0.201. The highest BCUT2D eigenvalue weighted by atomic mass is 19.1. The van der Waals surface area contributed by atoms with Crippen molar-refractivity contribution in [3.05, 3.63) is 54.4 Å². The largest absolute Gasteiger partial charge is 0.379 e. The van der Waals surface area contributed by atoms with Gasteiger partial charge in [0.15, 0.2) is 5.96 Å². The van der Waals surface area contributed by atoms with Crippen molar-refractivity contribution in [2.75, 3.05) is 53.0 Å². The van der Waals surface area contributed by atoms with Gasteiger partial charge < -0.3 is 19.5 Å². The van der Waals surface area contributed by atoms with E-state index in [0.717, 1.165) is 44.1 Å². The molecule has 2 aromatic rings. The van der Waals surface area contributed by atoms with Crippen LogP contribution in [0.15, 0.2) is 48.0 Å². The fraction of sp³-hybridized carbons (Fsp3) is 0.565. The summed E-state index contributed by atoms with van der Waals surface area (Å²) in [5.74, 6) is 1.27. The molecule has 0 spiro atoms. The zero-order valence-electron chi connectivity index (χ0n) is 18.5. The Morgan fingerprint density at radius 1 is 1.32 bits per heavy atom. The molecular weight excluding hydrogens is 395 g/mol. The standard InChI is InChI=1S/C23H33FN6O/c1-18-6-8-29(16-22(18)30-9-7-26-17-30)23(25-2)27-15-21(28-10-12-31-13-11-28)19-4-3-5-20(24)14-19/h3-5,7,9,14,17-18,21-22H,6,8,10-13,15-16H2,1-2H3,(H,25,27). The van der Waals surface area contributed by atoms with Crippen LogP contribution >= 0.6 is 0 Å². The molecule has 2 aliphatic heterocycles. The van der Waals surface area contributed by atoms with Crippen LogP contribution in [0.4, 0.5) is 4.39 Å². The molecule has 0 amide bonds. The number of nitrogens with one attached hydrogen (secondary N) is 1. The van der Waals surface area contributed by atoms with Crippen LogP contribution < -0.4 is 5.32 Å². The molecule has 8 heteroatoms. The average Bonchev–Trinajstić information content (AvgIpc) is 3.33. The number of aliphatic imine (C=N–C) groups is 1. The second-order valence-corrected chi connectivity index (χ2v) is 8.44. The summed E-state index contributed by atoms with van der Waals surface area (Å²) in [5, 5.41) is 3.58. The third-order valence-electron chi connectivity index (χ3n) is 6.51. The van der Waals surface area contributed by atoms with E-state index >= 15 is 0 Å². The summed E-state index contributed by atoms with van der Waals surface area (Å²) in [5.41, 5.74) is 0.980. The van der Waals surface area contributed by atoms with Gasteiger partial charge in [0.2, 0.25) is 0 Å². The maximum Gasteiger partial charge on any atom is 0.193 e. The van der Waals surface area contributed by atoms with Crippen molar-refractivity contribution in [3.8, 4) is 0 Å². The first-order valence-electron chi connectivity index (χ1n) is 11.2. The second-order valence-electron chi connectivity index (χ2n) is 8.44. The molecule has 2 saturated heterocycles. The lowest BCUT2D eigenvalue weighted by Crippen LogP contribution is -2.51. The summed E-state index contributed by atoms with van der Waals surface area (Å²) in [6.45, 7) is 7.91. The van der Waals surface area contributed by atoms with E-state index in [0.29, 0.717) is 31.7 Å². The van der Waals surface area contributed by atoms with Crippen LogP contribution in [-0.2, 0) is 4.74 Å². The number of imidazole rings is 1. The van der Waals surface area contributed by atoms with Gasteiger partial charge in [0.25, 0.3) is 0 Å². The Labute approximate surface area is 183 Å². The number of benzene rings is 1. The third kappa shape index (κ3) is 5.25. The lowest BCUT2D eigenvalue weighted by molar-refractivity contribution is 0.0168. The molecule has 2 aliphatic rings. The summed E-state index contributed by atoms with van der Waals surface area (Å²) in [7, 11) is 1.83. The molecule has 168 valence electrons. The van der Waals surface area contributed by atoms with E-state index in [1.807, 2.05) is 31.8 Å².